The number of phenolic OH excluding ortho intramolecular Hbond substituents is 1. The van der Waals surface area contributed by atoms with Crippen LogP contribution < -0.4 is 9.64 Å². The van der Waals surface area contributed by atoms with E-state index >= 15 is 0 Å². The largest absolute Gasteiger partial charge is 0.507 e. The molecule has 0 saturated heterocycles. The quantitative estimate of drug-likeness (QED) is 0.483. The molecule has 1 N–H and O–H groups in total. The third-order valence-electron chi connectivity index (χ3n) is 5.62. The lowest BCUT2D eigenvalue weighted by molar-refractivity contribution is -0.118. The van der Waals surface area contributed by atoms with Crippen molar-refractivity contribution in [3.05, 3.63) is 63.2 Å². The average Bonchev–Trinajstić information content (AvgIpc) is 3.15. The van der Waals surface area contributed by atoms with Crippen LogP contribution >= 0.6 is 11.6 Å². The van der Waals surface area contributed by atoms with Gasteiger partial charge in [0, 0.05) is 35.3 Å². The minimum Gasteiger partial charge on any atom is -0.507 e. The number of cyclic esters (lactones) is 1. The molecule has 2 aromatic rings. The molecule has 1 heterocycles. The Morgan fingerprint density at radius 3 is 2.61 bits per heavy atom. The Morgan fingerprint density at radius 1 is 1.29 bits per heavy atom. The Kier molecular flexibility index (Phi) is 6.91. The lowest BCUT2D eigenvalue weighted by atomic mass is 9.94. The Hall–Kier alpha value is -2.99. The standard InChI is InChI=1S/C24H26ClNO5/c1-14(6-12-20(27)26(3)17-9-7-16(25)8-10-17)5-11-18-22(28)21-19(13-31-24(21)29)15(2)23(18)30-4/h5,7-10,28H,6,11-13H2,1-4H3/b14-5+. The van der Waals surface area contributed by atoms with E-state index in [0.29, 0.717) is 41.2 Å². The summed E-state index contributed by atoms with van der Waals surface area (Å²) in [5.41, 5.74) is 4.01. The van der Waals surface area contributed by atoms with Crippen molar-refractivity contribution in [3.63, 3.8) is 0 Å². The number of amides is 1. The number of hydrogen-bond acceptors (Lipinski definition) is 5. The summed E-state index contributed by atoms with van der Waals surface area (Å²) in [5, 5.41) is 11.3. The van der Waals surface area contributed by atoms with E-state index in [2.05, 4.69) is 0 Å². The highest BCUT2D eigenvalue weighted by Gasteiger charge is 2.31. The second-order valence-corrected chi connectivity index (χ2v) is 8.04. The third kappa shape index (κ3) is 4.69. The van der Waals surface area contributed by atoms with Gasteiger partial charge in [0.05, 0.1) is 7.11 Å². The van der Waals surface area contributed by atoms with Gasteiger partial charge >= 0.3 is 5.97 Å². The number of methoxy groups -OCH3 is 1. The highest BCUT2D eigenvalue weighted by Crippen LogP contribution is 2.42. The van der Waals surface area contributed by atoms with Crippen molar-refractivity contribution in [1.29, 1.82) is 0 Å². The summed E-state index contributed by atoms with van der Waals surface area (Å²) in [5.74, 6) is -0.0673. The van der Waals surface area contributed by atoms with E-state index in [1.165, 1.54) is 7.11 Å². The van der Waals surface area contributed by atoms with E-state index in [9.17, 15) is 14.7 Å². The lowest BCUT2D eigenvalue weighted by Crippen LogP contribution is -2.25. The van der Waals surface area contributed by atoms with Crippen molar-refractivity contribution in [2.24, 2.45) is 0 Å². The first-order valence-corrected chi connectivity index (χ1v) is 10.4. The summed E-state index contributed by atoms with van der Waals surface area (Å²) < 4.78 is 10.6. The van der Waals surface area contributed by atoms with Gasteiger partial charge in [-0.15, -0.1) is 0 Å². The van der Waals surface area contributed by atoms with Crippen LogP contribution in [0.15, 0.2) is 35.9 Å². The molecule has 1 aliphatic rings. The van der Waals surface area contributed by atoms with Crippen LogP contribution in [-0.2, 0) is 22.6 Å². The molecule has 2 aromatic carbocycles. The number of esters is 1. The number of rotatable bonds is 7. The van der Waals surface area contributed by atoms with Crippen LogP contribution in [0.2, 0.25) is 5.02 Å². The zero-order valence-corrected chi connectivity index (χ0v) is 18.9. The van der Waals surface area contributed by atoms with Crippen LogP contribution in [0, 0.1) is 6.92 Å². The smallest absolute Gasteiger partial charge is 0.342 e. The average molecular weight is 444 g/mol. The molecular formula is C24H26ClNO5. The van der Waals surface area contributed by atoms with Gasteiger partial charge in [0.1, 0.15) is 23.7 Å². The van der Waals surface area contributed by atoms with E-state index < -0.39 is 5.97 Å². The van der Waals surface area contributed by atoms with Crippen molar-refractivity contribution in [2.45, 2.75) is 39.7 Å². The first-order valence-electron chi connectivity index (χ1n) is 10.0. The highest BCUT2D eigenvalue weighted by molar-refractivity contribution is 6.30. The van der Waals surface area contributed by atoms with Crippen LogP contribution in [0.5, 0.6) is 11.5 Å². The molecule has 7 heteroatoms. The van der Waals surface area contributed by atoms with Gasteiger partial charge in [-0.3, -0.25) is 4.79 Å². The monoisotopic (exact) mass is 443 g/mol. The van der Waals surface area contributed by atoms with Crippen molar-refractivity contribution in [1.82, 2.24) is 0 Å². The number of phenols is 1. The van der Waals surface area contributed by atoms with Gasteiger partial charge in [0.25, 0.3) is 0 Å². The summed E-state index contributed by atoms with van der Waals surface area (Å²) in [4.78, 5) is 26.1. The molecule has 6 nitrogen and oxygen atoms in total. The first kappa shape index (κ1) is 22.7. The molecule has 0 aromatic heterocycles. The Balaban J connectivity index is 1.70. The number of carbonyl (C=O) groups excluding carboxylic acids is 2. The number of fused-ring (bicyclic) bond motifs is 1. The minimum absolute atomic E-state index is 0.00776. The fourth-order valence-electron chi connectivity index (χ4n) is 3.69. The number of ether oxygens (including phenoxy) is 2. The molecule has 164 valence electrons. The molecule has 3 rings (SSSR count). The molecular weight excluding hydrogens is 418 g/mol. The maximum atomic E-state index is 12.5. The van der Waals surface area contributed by atoms with Crippen molar-refractivity contribution >= 4 is 29.2 Å². The van der Waals surface area contributed by atoms with Gasteiger partial charge in [-0.1, -0.05) is 23.3 Å². The van der Waals surface area contributed by atoms with Gasteiger partial charge in [0.2, 0.25) is 5.91 Å². The summed E-state index contributed by atoms with van der Waals surface area (Å²) in [6.07, 6.45) is 3.24. The SMILES string of the molecule is COc1c(C)c2c(c(O)c1C/C=C(\C)CCC(=O)N(C)c1ccc(Cl)cc1)C(=O)OC2. The van der Waals surface area contributed by atoms with E-state index in [1.807, 2.05) is 19.9 Å². The second kappa shape index (κ2) is 9.43. The first-order chi connectivity index (χ1) is 14.7. The topological polar surface area (TPSA) is 76.1 Å². The van der Waals surface area contributed by atoms with Crippen LogP contribution in [0.3, 0.4) is 0 Å². The van der Waals surface area contributed by atoms with Gasteiger partial charge in [-0.25, -0.2) is 4.79 Å². The van der Waals surface area contributed by atoms with E-state index in [4.69, 9.17) is 21.1 Å². The molecule has 0 spiro atoms. The molecule has 0 unspecified atom stereocenters. The Labute approximate surface area is 187 Å². The summed E-state index contributed by atoms with van der Waals surface area (Å²) in [6, 6.07) is 7.11. The number of carbonyl (C=O) groups is 2. The maximum absolute atomic E-state index is 12.5. The highest BCUT2D eigenvalue weighted by atomic mass is 35.5. The molecule has 0 saturated carbocycles. The maximum Gasteiger partial charge on any atom is 0.342 e. The second-order valence-electron chi connectivity index (χ2n) is 7.60. The van der Waals surface area contributed by atoms with Crippen molar-refractivity contribution < 1.29 is 24.2 Å². The van der Waals surface area contributed by atoms with Crippen LogP contribution in [0.1, 0.15) is 46.8 Å². The number of nitrogens with zero attached hydrogens (tertiary/aromatic N) is 1. The summed E-state index contributed by atoms with van der Waals surface area (Å²) >= 11 is 5.90. The molecule has 0 radical (unpaired) electrons. The zero-order valence-electron chi connectivity index (χ0n) is 18.1. The molecule has 0 aliphatic carbocycles. The van der Waals surface area contributed by atoms with Gasteiger partial charge in [-0.05, 0) is 56.5 Å². The zero-order chi connectivity index (χ0) is 22.7. The number of anilines is 1. The van der Waals surface area contributed by atoms with Crippen molar-refractivity contribution in [2.75, 3.05) is 19.1 Å². The van der Waals surface area contributed by atoms with Crippen LogP contribution in [-0.4, -0.2) is 31.1 Å². The number of halogens is 1. The fraction of sp³-hybridized carbons (Fsp3) is 0.333. The number of benzene rings is 2. The Bertz CT molecular complexity index is 1040. The minimum atomic E-state index is -0.518. The Morgan fingerprint density at radius 2 is 1.97 bits per heavy atom. The fourth-order valence-corrected chi connectivity index (χ4v) is 3.81. The van der Waals surface area contributed by atoms with E-state index in [1.54, 1.807) is 36.2 Å². The van der Waals surface area contributed by atoms with Crippen LogP contribution in [0.25, 0.3) is 0 Å². The molecule has 1 amide bonds. The van der Waals surface area contributed by atoms with Gasteiger partial charge in [-0.2, -0.15) is 0 Å². The molecule has 31 heavy (non-hydrogen) atoms. The summed E-state index contributed by atoms with van der Waals surface area (Å²) in [7, 11) is 3.27. The van der Waals surface area contributed by atoms with E-state index in [0.717, 1.165) is 16.8 Å². The molecule has 0 atom stereocenters. The van der Waals surface area contributed by atoms with Crippen LogP contribution in [0.4, 0.5) is 5.69 Å². The van der Waals surface area contributed by atoms with E-state index in [-0.39, 0.29) is 23.8 Å². The lowest BCUT2D eigenvalue weighted by Gasteiger charge is -2.18. The van der Waals surface area contributed by atoms with Gasteiger partial charge in [0.15, 0.2) is 0 Å². The van der Waals surface area contributed by atoms with Crippen molar-refractivity contribution in [3.8, 4) is 11.5 Å². The number of aromatic hydroxyl groups is 1. The number of hydrogen-bond donors (Lipinski definition) is 1. The summed E-state index contributed by atoms with van der Waals surface area (Å²) in [6.45, 7) is 3.93. The molecule has 0 bridgehead atoms. The molecule has 1 aliphatic heterocycles. The predicted octanol–water partition coefficient (Wildman–Crippen LogP) is 4.97. The molecule has 0 fully saturated rings. The third-order valence-corrected chi connectivity index (χ3v) is 5.88. The predicted molar refractivity (Wildman–Crippen MR) is 120 cm³/mol. The van der Waals surface area contributed by atoms with Gasteiger partial charge < -0.3 is 19.5 Å². The number of allylic oxidation sites excluding steroid dienone is 2. The normalized spacial score (nSPS) is 13.1.